The second-order valence-electron chi connectivity index (χ2n) is 8.95. The second kappa shape index (κ2) is 11.0. The molecule has 1 N–H and O–H groups in total. The summed E-state index contributed by atoms with van der Waals surface area (Å²) in [6.45, 7) is 2.84. The van der Waals surface area contributed by atoms with Crippen molar-refractivity contribution >= 4 is 5.97 Å². The van der Waals surface area contributed by atoms with Gasteiger partial charge in [-0.2, -0.15) is 5.10 Å². The third-order valence-corrected chi connectivity index (χ3v) is 6.66. The number of hydrogen-bond donors (Lipinski definition) is 1. The van der Waals surface area contributed by atoms with E-state index in [-0.39, 0.29) is 11.3 Å². The number of aromatic carboxylic acids is 1. The lowest BCUT2D eigenvalue weighted by atomic mass is 9.87. The van der Waals surface area contributed by atoms with E-state index in [9.17, 15) is 14.7 Å². The maximum Gasteiger partial charge on any atom is 0.346 e. The van der Waals surface area contributed by atoms with Crippen molar-refractivity contribution in [2.24, 2.45) is 5.92 Å². The highest BCUT2D eigenvalue weighted by molar-refractivity contribution is 5.95. The molecule has 0 unspecified atom stereocenters. The lowest BCUT2D eigenvalue weighted by Gasteiger charge is -2.20. The molecule has 0 saturated heterocycles. The number of aryl methyl sites for hydroxylation is 1. The molecule has 0 aliphatic heterocycles. The maximum absolute atomic E-state index is 13.2. The molecule has 0 atom stereocenters. The van der Waals surface area contributed by atoms with Gasteiger partial charge in [-0.05, 0) is 42.0 Å². The Morgan fingerprint density at radius 2 is 1.82 bits per heavy atom. The molecule has 2 aromatic carbocycles. The summed E-state index contributed by atoms with van der Waals surface area (Å²) in [7, 11) is 0. The molecule has 0 bridgehead atoms. The minimum Gasteiger partial charge on any atom is -0.478 e. The van der Waals surface area contributed by atoms with Crippen LogP contribution in [-0.4, -0.2) is 25.4 Å². The van der Waals surface area contributed by atoms with Gasteiger partial charge in [-0.15, -0.1) is 5.92 Å². The Hall–Kier alpha value is -3.59. The molecule has 1 aliphatic carbocycles. The van der Waals surface area contributed by atoms with Crippen LogP contribution in [0.4, 0.5) is 0 Å². The highest BCUT2D eigenvalue weighted by atomic mass is 16.4. The number of carboxylic acids is 1. The third-order valence-electron chi connectivity index (χ3n) is 6.66. The van der Waals surface area contributed by atoms with E-state index >= 15 is 0 Å². The predicted octanol–water partition coefficient (Wildman–Crippen LogP) is 4.99. The van der Waals surface area contributed by atoms with Gasteiger partial charge in [0, 0.05) is 6.54 Å². The van der Waals surface area contributed by atoms with Gasteiger partial charge in [0.15, 0.2) is 0 Å². The first-order valence-corrected chi connectivity index (χ1v) is 12.0. The van der Waals surface area contributed by atoms with Gasteiger partial charge in [0.05, 0.1) is 18.5 Å². The highest BCUT2D eigenvalue weighted by Gasteiger charge is 2.17. The Morgan fingerprint density at radius 1 is 1.09 bits per heavy atom. The highest BCUT2D eigenvalue weighted by Crippen LogP contribution is 2.27. The Kier molecular flexibility index (Phi) is 7.64. The van der Waals surface area contributed by atoms with Gasteiger partial charge in [-0.1, -0.05) is 80.5 Å². The van der Waals surface area contributed by atoms with E-state index in [4.69, 9.17) is 0 Å². The van der Waals surface area contributed by atoms with Crippen molar-refractivity contribution in [3.05, 3.63) is 76.0 Å². The molecule has 1 fully saturated rings. The normalized spacial score (nSPS) is 13.9. The van der Waals surface area contributed by atoms with Gasteiger partial charge in [-0.3, -0.25) is 4.57 Å². The van der Waals surface area contributed by atoms with Crippen molar-refractivity contribution in [3.63, 3.8) is 0 Å². The first-order chi connectivity index (χ1) is 16.6. The summed E-state index contributed by atoms with van der Waals surface area (Å²) in [4.78, 5) is 24.8. The fourth-order valence-corrected chi connectivity index (χ4v) is 4.76. The van der Waals surface area contributed by atoms with Crippen molar-refractivity contribution in [2.45, 2.75) is 65.0 Å². The zero-order chi connectivity index (χ0) is 23.9. The first-order valence-electron chi connectivity index (χ1n) is 12.0. The number of aromatic nitrogens is 3. The molecule has 4 rings (SSSR count). The monoisotopic (exact) mass is 457 g/mol. The van der Waals surface area contributed by atoms with Gasteiger partial charge in [-0.25, -0.2) is 14.3 Å². The van der Waals surface area contributed by atoms with Gasteiger partial charge in [0.25, 0.3) is 0 Å². The van der Waals surface area contributed by atoms with Crippen molar-refractivity contribution in [1.29, 1.82) is 0 Å². The van der Waals surface area contributed by atoms with Crippen LogP contribution in [0.5, 0.6) is 0 Å². The average Bonchev–Trinajstić information content (AvgIpc) is 3.16. The van der Waals surface area contributed by atoms with Gasteiger partial charge < -0.3 is 5.11 Å². The summed E-state index contributed by atoms with van der Waals surface area (Å²) in [6, 6.07) is 14.7. The van der Waals surface area contributed by atoms with Crippen LogP contribution in [0, 0.1) is 17.8 Å². The fraction of sp³-hybridized carbons (Fsp3) is 0.393. The molecular formula is C28H31N3O3. The van der Waals surface area contributed by atoms with Crippen LogP contribution in [0.1, 0.15) is 67.2 Å². The molecule has 0 radical (unpaired) electrons. The molecule has 3 aromatic rings. The molecule has 6 heteroatoms. The minimum absolute atomic E-state index is 0.0935. The zero-order valence-corrected chi connectivity index (χ0v) is 19.7. The van der Waals surface area contributed by atoms with E-state index in [0.717, 1.165) is 17.5 Å². The molecule has 176 valence electrons. The van der Waals surface area contributed by atoms with Crippen molar-refractivity contribution in [3.8, 4) is 23.0 Å². The van der Waals surface area contributed by atoms with E-state index < -0.39 is 5.97 Å². The Balaban J connectivity index is 1.55. The molecule has 1 saturated carbocycles. The predicted molar refractivity (Wildman–Crippen MR) is 133 cm³/mol. The summed E-state index contributed by atoms with van der Waals surface area (Å²) in [5.41, 5.74) is 2.63. The van der Waals surface area contributed by atoms with Crippen LogP contribution < -0.4 is 5.69 Å². The summed E-state index contributed by atoms with van der Waals surface area (Å²) < 4.78 is 3.32. The molecule has 0 amide bonds. The smallest absolute Gasteiger partial charge is 0.346 e. The Labute approximate surface area is 200 Å². The SMILES string of the molecule is CC#CCc1nn(CCC2CCCCC2)c(=O)n1Cc1ccc(-c2ccccc2C(=O)O)cc1. The molecule has 1 aromatic heterocycles. The second-order valence-corrected chi connectivity index (χ2v) is 8.95. The minimum atomic E-state index is -0.950. The number of benzene rings is 2. The van der Waals surface area contributed by atoms with E-state index in [1.165, 1.54) is 32.1 Å². The van der Waals surface area contributed by atoms with Crippen LogP contribution in [0.2, 0.25) is 0 Å². The first kappa shape index (κ1) is 23.6. The molecule has 6 nitrogen and oxygen atoms in total. The maximum atomic E-state index is 13.2. The van der Waals surface area contributed by atoms with Crippen molar-refractivity contribution in [1.82, 2.24) is 14.3 Å². The van der Waals surface area contributed by atoms with Crippen LogP contribution in [0.3, 0.4) is 0 Å². The van der Waals surface area contributed by atoms with E-state index in [1.807, 2.05) is 30.3 Å². The Bertz CT molecular complexity index is 1250. The number of carbonyl (C=O) groups is 1. The van der Waals surface area contributed by atoms with Crippen LogP contribution >= 0.6 is 0 Å². The summed E-state index contributed by atoms with van der Waals surface area (Å²) >= 11 is 0. The number of carboxylic acid groups (broad SMARTS) is 1. The topological polar surface area (TPSA) is 77.1 Å². The molecule has 1 aliphatic rings. The quantitative estimate of drug-likeness (QED) is 0.483. The molecule has 34 heavy (non-hydrogen) atoms. The molecular weight excluding hydrogens is 426 g/mol. The standard InChI is InChI=1S/C28H31N3O3/c1-2-3-13-26-29-31(19-18-21-9-5-4-6-10-21)28(34)30(26)20-22-14-16-23(17-15-22)24-11-7-8-12-25(24)27(32)33/h7-8,11-12,14-17,21H,4-6,9-10,13,18-20H2,1H3,(H,32,33). The Morgan fingerprint density at radius 3 is 2.53 bits per heavy atom. The molecule has 0 spiro atoms. The van der Waals surface area contributed by atoms with E-state index in [2.05, 4.69) is 16.9 Å². The lowest BCUT2D eigenvalue weighted by Crippen LogP contribution is -2.27. The van der Waals surface area contributed by atoms with Gasteiger partial charge >= 0.3 is 11.7 Å². The van der Waals surface area contributed by atoms with Gasteiger partial charge in [0.1, 0.15) is 5.82 Å². The van der Waals surface area contributed by atoms with Crippen LogP contribution in [0.25, 0.3) is 11.1 Å². The third kappa shape index (κ3) is 5.48. The summed E-state index contributed by atoms with van der Waals surface area (Å²) in [5.74, 6) is 6.36. The largest absolute Gasteiger partial charge is 0.478 e. The van der Waals surface area contributed by atoms with Crippen LogP contribution in [0.15, 0.2) is 53.3 Å². The average molecular weight is 458 g/mol. The lowest BCUT2D eigenvalue weighted by molar-refractivity contribution is 0.0697. The molecule has 1 heterocycles. The van der Waals surface area contributed by atoms with E-state index in [1.54, 1.807) is 34.4 Å². The number of rotatable bonds is 8. The van der Waals surface area contributed by atoms with E-state index in [0.29, 0.717) is 36.8 Å². The van der Waals surface area contributed by atoms with Crippen LogP contribution in [-0.2, 0) is 19.5 Å². The van der Waals surface area contributed by atoms with Crippen molar-refractivity contribution in [2.75, 3.05) is 0 Å². The summed E-state index contributed by atoms with van der Waals surface area (Å²) in [6.07, 6.45) is 7.84. The van der Waals surface area contributed by atoms with Gasteiger partial charge in [0.2, 0.25) is 0 Å². The number of hydrogen-bond acceptors (Lipinski definition) is 3. The van der Waals surface area contributed by atoms with Crippen molar-refractivity contribution < 1.29 is 9.90 Å². The fourth-order valence-electron chi connectivity index (χ4n) is 4.76. The summed E-state index contributed by atoms with van der Waals surface area (Å²) in [5, 5.41) is 14.1. The number of nitrogens with zero attached hydrogens (tertiary/aromatic N) is 3. The zero-order valence-electron chi connectivity index (χ0n) is 19.7.